The zero-order valence-corrected chi connectivity index (χ0v) is 12.5. The van der Waals surface area contributed by atoms with Crippen LogP contribution in [0.25, 0.3) is 0 Å². The second kappa shape index (κ2) is 7.12. The van der Waals surface area contributed by atoms with Crippen LogP contribution < -0.4 is 10.6 Å². The van der Waals surface area contributed by atoms with Gasteiger partial charge in [0.25, 0.3) is 0 Å². The Kier molecular flexibility index (Phi) is 5.20. The average Bonchev–Trinajstić information content (AvgIpc) is 2.91. The van der Waals surface area contributed by atoms with Crippen molar-refractivity contribution >= 4 is 46.3 Å². The van der Waals surface area contributed by atoms with Crippen molar-refractivity contribution in [3.8, 4) is 0 Å². The fourth-order valence-electron chi connectivity index (χ4n) is 1.52. The molecule has 0 spiro atoms. The minimum Gasteiger partial charge on any atom is -0.326 e. The van der Waals surface area contributed by atoms with Gasteiger partial charge in [-0.15, -0.1) is 23.1 Å². The first-order valence-electron chi connectivity index (χ1n) is 5.97. The molecule has 2 rings (SSSR count). The number of thiophene rings is 1. The number of anilines is 2. The molecule has 2 N–H and O–H groups in total. The SMILES string of the molecule is CC(=O)Nc1ccc(NC(=O)CSc2cccs2)cc1. The summed E-state index contributed by atoms with van der Waals surface area (Å²) in [7, 11) is 0. The van der Waals surface area contributed by atoms with Crippen LogP contribution in [-0.2, 0) is 9.59 Å². The minimum atomic E-state index is -0.117. The van der Waals surface area contributed by atoms with Gasteiger partial charge in [0.15, 0.2) is 0 Å². The molecule has 20 heavy (non-hydrogen) atoms. The summed E-state index contributed by atoms with van der Waals surface area (Å²) >= 11 is 3.14. The first kappa shape index (κ1) is 14.6. The highest BCUT2D eigenvalue weighted by Gasteiger charge is 2.04. The van der Waals surface area contributed by atoms with E-state index in [2.05, 4.69) is 10.6 Å². The van der Waals surface area contributed by atoms with E-state index in [1.165, 1.54) is 18.7 Å². The lowest BCUT2D eigenvalue weighted by Gasteiger charge is -2.06. The first-order valence-corrected chi connectivity index (χ1v) is 7.84. The summed E-state index contributed by atoms with van der Waals surface area (Å²) in [6.07, 6.45) is 0. The molecule has 0 aliphatic rings. The molecule has 104 valence electrons. The van der Waals surface area contributed by atoms with E-state index in [-0.39, 0.29) is 11.8 Å². The highest BCUT2D eigenvalue weighted by molar-refractivity contribution is 8.01. The van der Waals surface area contributed by atoms with Crippen molar-refractivity contribution in [2.24, 2.45) is 0 Å². The topological polar surface area (TPSA) is 58.2 Å². The predicted molar refractivity (Wildman–Crippen MR) is 84.4 cm³/mol. The molecule has 1 heterocycles. The van der Waals surface area contributed by atoms with E-state index in [0.717, 1.165) is 9.90 Å². The Morgan fingerprint density at radius 3 is 2.30 bits per heavy atom. The van der Waals surface area contributed by atoms with Gasteiger partial charge < -0.3 is 10.6 Å². The quantitative estimate of drug-likeness (QED) is 0.832. The lowest BCUT2D eigenvalue weighted by Crippen LogP contribution is -2.14. The van der Waals surface area contributed by atoms with E-state index < -0.39 is 0 Å². The Balaban J connectivity index is 1.83. The minimum absolute atomic E-state index is 0.0457. The van der Waals surface area contributed by atoms with Gasteiger partial charge in [-0.25, -0.2) is 0 Å². The van der Waals surface area contributed by atoms with E-state index in [9.17, 15) is 9.59 Å². The zero-order chi connectivity index (χ0) is 14.4. The fourth-order valence-corrected chi connectivity index (χ4v) is 3.10. The van der Waals surface area contributed by atoms with E-state index in [0.29, 0.717) is 11.4 Å². The number of benzene rings is 1. The Morgan fingerprint density at radius 1 is 1.10 bits per heavy atom. The molecule has 0 saturated carbocycles. The summed E-state index contributed by atoms with van der Waals surface area (Å²) in [4.78, 5) is 22.7. The molecule has 0 fully saturated rings. The summed E-state index contributed by atoms with van der Waals surface area (Å²) in [5.41, 5.74) is 1.43. The number of hydrogen-bond donors (Lipinski definition) is 2. The Bertz CT molecular complexity index is 580. The number of thioether (sulfide) groups is 1. The molecular weight excluding hydrogens is 292 g/mol. The van der Waals surface area contributed by atoms with Crippen molar-refractivity contribution < 1.29 is 9.59 Å². The van der Waals surface area contributed by atoms with Gasteiger partial charge in [0.1, 0.15) is 0 Å². The number of carbonyl (C=O) groups excluding carboxylic acids is 2. The van der Waals surface area contributed by atoms with Gasteiger partial charge in [-0.3, -0.25) is 9.59 Å². The predicted octanol–water partition coefficient (Wildman–Crippen LogP) is 3.44. The third-order valence-corrected chi connectivity index (χ3v) is 4.46. The number of hydrogen-bond acceptors (Lipinski definition) is 4. The van der Waals surface area contributed by atoms with Crippen molar-refractivity contribution in [3.05, 3.63) is 41.8 Å². The van der Waals surface area contributed by atoms with Crippen LogP contribution in [0.4, 0.5) is 11.4 Å². The van der Waals surface area contributed by atoms with Gasteiger partial charge in [0.05, 0.1) is 9.96 Å². The van der Waals surface area contributed by atoms with E-state index >= 15 is 0 Å². The molecule has 2 amide bonds. The molecule has 0 aliphatic heterocycles. The maximum absolute atomic E-state index is 11.8. The smallest absolute Gasteiger partial charge is 0.234 e. The average molecular weight is 306 g/mol. The van der Waals surface area contributed by atoms with Crippen LogP contribution in [-0.4, -0.2) is 17.6 Å². The number of rotatable bonds is 5. The highest BCUT2D eigenvalue weighted by Crippen LogP contribution is 2.23. The van der Waals surface area contributed by atoms with Crippen LogP contribution in [0.1, 0.15) is 6.92 Å². The second-order valence-corrected chi connectivity index (χ2v) is 6.25. The summed E-state index contributed by atoms with van der Waals surface area (Å²) in [6, 6.07) is 11.0. The van der Waals surface area contributed by atoms with Gasteiger partial charge in [-0.1, -0.05) is 6.07 Å². The number of amides is 2. The van der Waals surface area contributed by atoms with Crippen LogP contribution in [0.2, 0.25) is 0 Å². The third-order valence-electron chi connectivity index (χ3n) is 2.33. The summed E-state index contributed by atoms with van der Waals surface area (Å²) < 4.78 is 1.13. The lowest BCUT2D eigenvalue weighted by molar-refractivity contribution is -0.114. The van der Waals surface area contributed by atoms with Crippen LogP contribution in [0, 0.1) is 0 Å². The molecule has 0 radical (unpaired) electrons. The van der Waals surface area contributed by atoms with Crippen molar-refractivity contribution in [1.82, 2.24) is 0 Å². The molecule has 2 aromatic rings. The largest absolute Gasteiger partial charge is 0.326 e. The molecule has 0 bridgehead atoms. The molecule has 0 aliphatic carbocycles. The molecule has 0 saturated heterocycles. The van der Waals surface area contributed by atoms with Gasteiger partial charge in [-0.2, -0.15) is 0 Å². The normalized spacial score (nSPS) is 10.1. The summed E-state index contributed by atoms with van der Waals surface area (Å²) in [6.45, 7) is 1.46. The number of carbonyl (C=O) groups is 2. The van der Waals surface area contributed by atoms with Gasteiger partial charge >= 0.3 is 0 Å². The number of nitrogens with one attached hydrogen (secondary N) is 2. The Labute approximate surface area is 125 Å². The van der Waals surface area contributed by atoms with Gasteiger partial charge in [0.2, 0.25) is 11.8 Å². The van der Waals surface area contributed by atoms with Crippen LogP contribution in [0.3, 0.4) is 0 Å². The monoisotopic (exact) mass is 306 g/mol. The van der Waals surface area contributed by atoms with Gasteiger partial charge in [0, 0.05) is 18.3 Å². The maximum atomic E-state index is 11.8. The van der Waals surface area contributed by atoms with Crippen molar-refractivity contribution in [2.75, 3.05) is 16.4 Å². The standard InChI is InChI=1S/C14H14N2O2S2/c1-10(17)15-11-4-6-12(7-5-11)16-13(18)9-20-14-3-2-8-19-14/h2-8H,9H2,1H3,(H,15,17)(H,16,18). The second-order valence-electron chi connectivity index (χ2n) is 4.03. The van der Waals surface area contributed by atoms with Crippen LogP contribution in [0.15, 0.2) is 46.0 Å². The molecule has 0 unspecified atom stereocenters. The Hall–Kier alpha value is -1.79. The highest BCUT2D eigenvalue weighted by atomic mass is 32.2. The zero-order valence-electron chi connectivity index (χ0n) is 10.9. The molecule has 1 aromatic carbocycles. The third kappa shape index (κ3) is 4.71. The molecule has 1 aromatic heterocycles. The summed E-state index contributed by atoms with van der Waals surface area (Å²) in [5, 5.41) is 7.48. The molecule has 6 heteroatoms. The Morgan fingerprint density at radius 2 is 1.75 bits per heavy atom. The summed E-state index contributed by atoms with van der Waals surface area (Å²) in [5.74, 6) is 0.221. The molecule has 0 atom stereocenters. The van der Waals surface area contributed by atoms with E-state index in [1.54, 1.807) is 35.6 Å². The van der Waals surface area contributed by atoms with Crippen molar-refractivity contribution in [1.29, 1.82) is 0 Å². The molecular formula is C14H14N2O2S2. The first-order chi connectivity index (χ1) is 9.63. The fraction of sp³-hybridized carbons (Fsp3) is 0.143. The van der Waals surface area contributed by atoms with E-state index in [1.807, 2.05) is 17.5 Å². The van der Waals surface area contributed by atoms with Crippen LogP contribution in [0.5, 0.6) is 0 Å². The van der Waals surface area contributed by atoms with Crippen molar-refractivity contribution in [3.63, 3.8) is 0 Å². The molecule has 4 nitrogen and oxygen atoms in total. The maximum Gasteiger partial charge on any atom is 0.234 e. The lowest BCUT2D eigenvalue weighted by atomic mass is 10.3. The van der Waals surface area contributed by atoms with Crippen molar-refractivity contribution in [2.45, 2.75) is 11.1 Å². The van der Waals surface area contributed by atoms with Crippen LogP contribution >= 0.6 is 23.1 Å². The van der Waals surface area contributed by atoms with Gasteiger partial charge in [-0.05, 0) is 35.7 Å². The van der Waals surface area contributed by atoms with E-state index in [4.69, 9.17) is 0 Å².